The average Bonchev–Trinajstić information content (AvgIpc) is 3.64. The number of fused-ring (bicyclic) bond motifs is 8. The van der Waals surface area contributed by atoms with Gasteiger partial charge < -0.3 is 52.4 Å². The van der Waals surface area contributed by atoms with Crippen molar-refractivity contribution in [1.82, 2.24) is 5.43 Å². The van der Waals surface area contributed by atoms with Crippen LogP contribution in [0.2, 0.25) is 0 Å². The van der Waals surface area contributed by atoms with Crippen LogP contribution in [0.25, 0.3) is 0 Å². The standard InChI is InChI=1S/C50H70N4O12S/c1-2-18-57-20-22-59-24-26-61-28-30-63-32-33-64-31-29-62-27-25-60-23-21-58-19-13-51-54(55)39-11-12-42-45(36-39)67(56)66-50(42)43-34-37-7-3-14-52-16-5-9-40(46(37)52)48(43)65-49-41-10-6-17-53-15-4-8-38(47(41)53)35-44(49)50/h11-12,34-36,51,55H,2-10,13-33H2,1H3. The first-order valence-corrected chi connectivity index (χ1v) is 25.8. The predicted octanol–water partition coefficient (Wildman–Crippen LogP) is 5.78. The molecule has 6 heterocycles. The minimum Gasteiger partial charge on any atom is -0.456 e. The van der Waals surface area contributed by atoms with Crippen LogP contribution in [0.15, 0.2) is 35.2 Å². The van der Waals surface area contributed by atoms with Crippen molar-refractivity contribution >= 4 is 28.1 Å². The van der Waals surface area contributed by atoms with Crippen LogP contribution in [0.5, 0.6) is 11.5 Å². The average molecular weight is 951 g/mol. The van der Waals surface area contributed by atoms with Gasteiger partial charge in [-0.2, -0.15) is 5.17 Å². The number of ether oxygens (including phenoxy) is 9. The molecule has 6 aliphatic rings. The Bertz CT molecular complexity index is 2060. The molecule has 9 rings (SSSR count). The van der Waals surface area contributed by atoms with Crippen molar-refractivity contribution in [1.29, 1.82) is 0 Å². The molecule has 1 unspecified atom stereocenters. The molecule has 2 N–H and O–H groups in total. The van der Waals surface area contributed by atoms with Gasteiger partial charge in [-0.15, -0.1) is 0 Å². The first-order valence-electron chi connectivity index (χ1n) is 24.7. The molecule has 16 nitrogen and oxygen atoms in total. The number of nitrogens with one attached hydrogen (secondary N) is 1. The summed E-state index contributed by atoms with van der Waals surface area (Å²) in [5.74, 6) is 1.75. The van der Waals surface area contributed by atoms with Gasteiger partial charge in [0.25, 0.3) is 0 Å². The van der Waals surface area contributed by atoms with E-state index in [2.05, 4.69) is 34.3 Å². The summed E-state index contributed by atoms with van der Waals surface area (Å²) in [6.07, 6.45) is 9.21. The Balaban J connectivity index is 0.713. The minimum absolute atomic E-state index is 0.345. The molecule has 0 bridgehead atoms. The van der Waals surface area contributed by atoms with Crippen LogP contribution >= 0.6 is 0 Å². The highest BCUT2D eigenvalue weighted by Gasteiger charge is 2.55. The van der Waals surface area contributed by atoms with Crippen LogP contribution in [-0.2, 0) is 84.4 Å². The molecule has 0 radical (unpaired) electrons. The molecule has 67 heavy (non-hydrogen) atoms. The topological polar surface area (TPSA) is 151 Å². The SMILES string of the molecule is CCCOCCOCCOCCOCCOCCOCCOCCOCCNN(O)c1ccc2c(c1)S(=O)OC21c2cc3c4c(c2Oc2c1cc1c5c2CCCN5CCC1)CCCN4CCC3. The van der Waals surface area contributed by atoms with Gasteiger partial charge in [0.1, 0.15) is 11.5 Å². The number of hydrazine groups is 1. The second kappa shape index (κ2) is 23.9. The van der Waals surface area contributed by atoms with Crippen LogP contribution in [0.1, 0.15) is 78.0 Å². The summed E-state index contributed by atoms with van der Waals surface area (Å²) in [5.41, 5.74) is 12.9. The van der Waals surface area contributed by atoms with E-state index in [1.165, 1.54) is 33.6 Å². The molecule has 0 aliphatic carbocycles. The molecule has 17 heteroatoms. The summed E-state index contributed by atoms with van der Waals surface area (Å²) < 4.78 is 72.8. The van der Waals surface area contributed by atoms with Crippen molar-refractivity contribution in [2.45, 2.75) is 75.2 Å². The van der Waals surface area contributed by atoms with Crippen molar-refractivity contribution in [3.63, 3.8) is 0 Å². The number of hydrogen-bond acceptors (Lipinski definition) is 16. The van der Waals surface area contributed by atoms with Crippen LogP contribution in [0.3, 0.4) is 0 Å². The van der Waals surface area contributed by atoms with Gasteiger partial charge in [-0.05, 0) is 93.2 Å². The van der Waals surface area contributed by atoms with Gasteiger partial charge in [-0.1, -0.05) is 13.0 Å². The third kappa shape index (κ3) is 11.0. The monoisotopic (exact) mass is 950 g/mol. The van der Waals surface area contributed by atoms with Crippen LogP contribution in [-0.4, -0.2) is 148 Å². The lowest BCUT2D eigenvalue weighted by atomic mass is 9.73. The lowest BCUT2D eigenvalue weighted by molar-refractivity contribution is -0.0230. The van der Waals surface area contributed by atoms with E-state index in [0.29, 0.717) is 116 Å². The molecule has 368 valence electrons. The molecule has 0 fully saturated rings. The normalized spacial score (nSPS) is 18.3. The van der Waals surface area contributed by atoms with E-state index in [9.17, 15) is 9.42 Å². The molecule has 0 saturated heterocycles. The maximum atomic E-state index is 14.4. The Morgan fingerprint density at radius 2 is 1.03 bits per heavy atom. The quantitative estimate of drug-likeness (QED) is 0.0669. The van der Waals surface area contributed by atoms with Gasteiger partial charge in [0.15, 0.2) is 16.7 Å². The number of aryl methyl sites for hydroxylation is 2. The molecule has 0 amide bonds. The van der Waals surface area contributed by atoms with Crippen LogP contribution in [0, 0.1) is 0 Å². The first-order chi connectivity index (χ1) is 33.1. The van der Waals surface area contributed by atoms with E-state index >= 15 is 0 Å². The van der Waals surface area contributed by atoms with Gasteiger partial charge in [0.05, 0.1) is 110 Å². The molecular weight excluding hydrogens is 881 g/mol. The number of nitrogens with zero attached hydrogens (tertiary/aromatic N) is 3. The molecule has 1 atom stereocenters. The van der Waals surface area contributed by atoms with Crippen molar-refractivity contribution in [2.24, 2.45) is 0 Å². The zero-order valence-electron chi connectivity index (χ0n) is 39.3. The fourth-order valence-corrected chi connectivity index (χ4v) is 11.6. The Morgan fingerprint density at radius 1 is 0.597 bits per heavy atom. The van der Waals surface area contributed by atoms with Gasteiger partial charge >= 0.3 is 0 Å². The third-order valence-electron chi connectivity index (χ3n) is 13.3. The lowest BCUT2D eigenvalue weighted by Crippen LogP contribution is -2.40. The van der Waals surface area contributed by atoms with Crippen molar-refractivity contribution in [3.8, 4) is 11.5 Å². The summed E-state index contributed by atoms with van der Waals surface area (Å²) in [7, 11) is 0. The fraction of sp³-hybridized carbons (Fsp3) is 0.640. The Morgan fingerprint density at radius 3 is 1.49 bits per heavy atom. The maximum absolute atomic E-state index is 14.4. The van der Waals surface area contributed by atoms with Gasteiger partial charge in [0, 0.05) is 78.5 Å². The highest BCUT2D eigenvalue weighted by Crippen LogP contribution is 2.62. The molecule has 1 spiro atoms. The molecular formula is C50H70N4O12S. The van der Waals surface area contributed by atoms with E-state index in [-0.39, 0.29) is 0 Å². The van der Waals surface area contributed by atoms with E-state index in [4.69, 9.17) is 46.8 Å². The molecule has 0 aromatic heterocycles. The highest BCUT2D eigenvalue weighted by atomic mass is 32.2. The number of benzene rings is 3. The Labute approximate surface area is 397 Å². The van der Waals surface area contributed by atoms with Crippen molar-refractivity contribution < 1.29 is 56.2 Å². The Kier molecular flexibility index (Phi) is 17.3. The molecule has 3 aromatic rings. The predicted molar refractivity (Wildman–Crippen MR) is 254 cm³/mol. The van der Waals surface area contributed by atoms with Crippen molar-refractivity contribution in [2.75, 3.05) is 153 Å². The van der Waals surface area contributed by atoms with Crippen molar-refractivity contribution in [3.05, 3.63) is 69.3 Å². The summed E-state index contributed by atoms with van der Waals surface area (Å²) in [4.78, 5) is 5.63. The van der Waals surface area contributed by atoms with Gasteiger partial charge in [-0.25, -0.2) is 9.63 Å². The summed E-state index contributed by atoms with van der Waals surface area (Å²) >= 11 is -1.81. The highest BCUT2D eigenvalue weighted by molar-refractivity contribution is 7.80. The van der Waals surface area contributed by atoms with E-state index in [0.717, 1.165) is 124 Å². The van der Waals surface area contributed by atoms with Gasteiger partial charge in [0.2, 0.25) is 0 Å². The second-order valence-electron chi connectivity index (χ2n) is 17.8. The van der Waals surface area contributed by atoms with E-state index < -0.39 is 16.7 Å². The summed E-state index contributed by atoms with van der Waals surface area (Å²) in [5, 5.41) is 12.1. The lowest BCUT2D eigenvalue weighted by Gasteiger charge is -2.45. The van der Waals surface area contributed by atoms with Crippen LogP contribution in [0.4, 0.5) is 17.1 Å². The largest absolute Gasteiger partial charge is 0.456 e. The molecule has 0 saturated carbocycles. The zero-order valence-corrected chi connectivity index (χ0v) is 40.1. The minimum atomic E-state index is -1.81. The smallest absolute Gasteiger partial charge is 0.191 e. The zero-order chi connectivity index (χ0) is 45.8. The van der Waals surface area contributed by atoms with E-state index in [1.807, 2.05) is 12.1 Å². The van der Waals surface area contributed by atoms with Gasteiger partial charge in [-0.3, -0.25) is 9.39 Å². The van der Waals surface area contributed by atoms with E-state index in [1.54, 1.807) is 6.07 Å². The number of rotatable bonds is 28. The summed E-state index contributed by atoms with van der Waals surface area (Å²) in [6, 6.07) is 10.2. The number of hydrogen-bond donors (Lipinski definition) is 2. The first kappa shape index (κ1) is 48.6. The number of anilines is 3. The maximum Gasteiger partial charge on any atom is 0.191 e. The second-order valence-corrected chi connectivity index (χ2v) is 18.8. The third-order valence-corrected chi connectivity index (χ3v) is 14.4. The Hall–Kier alpha value is -3.43. The van der Waals surface area contributed by atoms with Crippen LogP contribution < -0.4 is 25.1 Å². The summed E-state index contributed by atoms with van der Waals surface area (Å²) in [6.45, 7) is 14.8. The molecule has 3 aromatic carbocycles. The fourth-order valence-electron chi connectivity index (χ4n) is 10.4. The molecule has 6 aliphatic heterocycles.